The molecule has 0 saturated carbocycles. The van der Waals surface area contributed by atoms with Crippen LogP contribution in [0.3, 0.4) is 0 Å². The molecule has 3 aromatic rings. The Morgan fingerprint density at radius 2 is 1.86 bits per heavy atom. The molecule has 0 saturated heterocycles. The van der Waals surface area contributed by atoms with E-state index in [9.17, 15) is 14.4 Å². The topological polar surface area (TPSA) is 104 Å². The number of fused-ring (bicyclic) bond motifs is 1. The molecule has 1 heterocycles. The lowest BCUT2D eigenvalue weighted by Gasteiger charge is -2.27. The van der Waals surface area contributed by atoms with Crippen LogP contribution < -0.4 is 24.7 Å². The van der Waals surface area contributed by atoms with Gasteiger partial charge < -0.3 is 24.7 Å². The molecule has 4 rings (SSSR count). The van der Waals surface area contributed by atoms with Gasteiger partial charge in [0.05, 0.1) is 12.5 Å². The number of nitriles is 1. The zero-order valence-corrected chi connectivity index (χ0v) is 19.2. The van der Waals surface area contributed by atoms with E-state index in [1.165, 1.54) is 37.3 Å². The maximum absolute atomic E-state index is 13.1. The van der Waals surface area contributed by atoms with Crippen LogP contribution in [0.25, 0.3) is 0 Å². The van der Waals surface area contributed by atoms with Crippen molar-refractivity contribution in [1.82, 2.24) is 0 Å². The van der Waals surface area contributed by atoms with Gasteiger partial charge in [-0.25, -0.2) is 9.18 Å². The molecule has 0 bridgehead atoms. The lowest BCUT2D eigenvalue weighted by atomic mass is 9.83. The lowest BCUT2D eigenvalue weighted by Crippen LogP contribution is -2.28. The van der Waals surface area contributed by atoms with Gasteiger partial charge in [-0.3, -0.25) is 0 Å². The summed E-state index contributed by atoms with van der Waals surface area (Å²) in [6, 6.07) is 19.8. The number of carbonyl (C=O) groups excluding carboxylic acids is 1. The molecule has 8 heteroatoms. The fourth-order valence-corrected chi connectivity index (χ4v) is 3.76. The molecule has 2 unspecified atom stereocenters. The van der Waals surface area contributed by atoms with Crippen LogP contribution in [-0.2, 0) is 4.79 Å². The van der Waals surface area contributed by atoms with E-state index < -0.39 is 23.8 Å². The number of allylic oxidation sites excluding steroid dienone is 1. The molecule has 0 aromatic heterocycles. The molecule has 2 N–H and O–H groups in total. The highest BCUT2D eigenvalue weighted by Crippen LogP contribution is 2.44. The first-order chi connectivity index (χ1) is 16.9. The fourth-order valence-electron chi connectivity index (χ4n) is 3.76. The number of hydrogen-bond donors (Lipinski definition) is 1. The van der Waals surface area contributed by atoms with Gasteiger partial charge in [-0.15, -0.1) is 0 Å². The minimum atomic E-state index is -0.943. The molecular weight excluding hydrogens is 451 g/mol. The highest BCUT2D eigenvalue weighted by molar-refractivity contribution is 5.77. The number of ether oxygens (including phenoxy) is 4. The Balaban J connectivity index is 1.58. The van der Waals surface area contributed by atoms with Crippen LogP contribution >= 0.6 is 0 Å². The zero-order valence-electron chi connectivity index (χ0n) is 19.2. The third-order valence-corrected chi connectivity index (χ3v) is 5.37. The van der Waals surface area contributed by atoms with E-state index in [0.29, 0.717) is 29.4 Å². The summed E-state index contributed by atoms with van der Waals surface area (Å²) in [5, 5.41) is 9.76. The largest absolute Gasteiger partial charge is 0.494 e. The minimum Gasteiger partial charge on any atom is -0.494 e. The third kappa shape index (κ3) is 5.20. The standard InChI is InChI=1S/C27H23FN2O5/c1-3-32-20-6-4-5-17(13-20)25-22-12-11-21(14-24(22)35-26(30)23(25)15-29)34-27(31)16(2)33-19-9-7-18(28)8-10-19/h4-14,16,25H,3,30H2,1-2H3. The van der Waals surface area contributed by atoms with Gasteiger partial charge in [0.2, 0.25) is 5.88 Å². The van der Waals surface area contributed by atoms with Gasteiger partial charge in [0, 0.05) is 11.6 Å². The molecule has 0 fully saturated rings. The average Bonchev–Trinajstić information content (AvgIpc) is 2.84. The first kappa shape index (κ1) is 23.6. The van der Waals surface area contributed by atoms with Crippen LogP contribution in [0.5, 0.6) is 23.0 Å². The van der Waals surface area contributed by atoms with Crippen molar-refractivity contribution in [2.75, 3.05) is 6.61 Å². The quantitative estimate of drug-likeness (QED) is 0.387. The second kappa shape index (κ2) is 10.2. The number of halogens is 1. The van der Waals surface area contributed by atoms with Gasteiger partial charge in [0.15, 0.2) is 6.10 Å². The predicted octanol–water partition coefficient (Wildman–Crippen LogP) is 4.82. The fraction of sp³-hybridized carbons (Fsp3) is 0.185. The molecule has 1 aliphatic rings. The van der Waals surface area contributed by atoms with Crippen molar-refractivity contribution in [2.24, 2.45) is 5.73 Å². The first-order valence-electron chi connectivity index (χ1n) is 11.0. The van der Waals surface area contributed by atoms with Gasteiger partial charge in [-0.1, -0.05) is 18.2 Å². The maximum Gasteiger partial charge on any atom is 0.352 e. The van der Waals surface area contributed by atoms with Gasteiger partial charge in [-0.05, 0) is 61.9 Å². The Morgan fingerprint density at radius 3 is 2.57 bits per heavy atom. The summed E-state index contributed by atoms with van der Waals surface area (Å²) in [4.78, 5) is 12.5. The Hall–Kier alpha value is -4.51. The minimum absolute atomic E-state index is 0.0247. The van der Waals surface area contributed by atoms with Crippen LogP contribution in [-0.4, -0.2) is 18.7 Å². The average molecular weight is 474 g/mol. The van der Waals surface area contributed by atoms with Gasteiger partial charge in [0.25, 0.3) is 0 Å². The summed E-state index contributed by atoms with van der Waals surface area (Å²) < 4.78 is 35.4. The number of esters is 1. The lowest BCUT2D eigenvalue weighted by molar-refractivity contribution is -0.141. The van der Waals surface area contributed by atoms with Crippen molar-refractivity contribution >= 4 is 5.97 Å². The summed E-state index contributed by atoms with van der Waals surface area (Å²) in [6.07, 6.45) is -0.943. The molecule has 0 aliphatic carbocycles. The highest BCUT2D eigenvalue weighted by Gasteiger charge is 2.31. The second-order valence-electron chi connectivity index (χ2n) is 7.77. The van der Waals surface area contributed by atoms with E-state index in [0.717, 1.165) is 5.56 Å². The summed E-state index contributed by atoms with van der Waals surface area (Å²) >= 11 is 0. The molecule has 7 nitrogen and oxygen atoms in total. The van der Waals surface area contributed by atoms with Crippen molar-refractivity contribution < 1.29 is 28.1 Å². The first-order valence-corrected chi connectivity index (χ1v) is 11.0. The SMILES string of the molecule is CCOc1cccc(C2C(C#N)=C(N)Oc3cc(OC(=O)C(C)Oc4ccc(F)cc4)ccc32)c1. The molecule has 3 aromatic carbocycles. The monoisotopic (exact) mass is 474 g/mol. The molecule has 178 valence electrons. The molecule has 0 spiro atoms. The smallest absolute Gasteiger partial charge is 0.352 e. The number of nitrogens with zero attached hydrogens (tertiary/aromatic N) is 1. The predicted molar refractivity (Wildman–Crippen MR) is 125 cm³/mol. The zero-order chi connectivity index (χ0) is 24.9. The molecular formula is C27H23FN2O5. The Labute approximate surface area is 202 Å². The molecule has 35 heavy (non-hydrogen) atoms. The molecule has 1 aliphatic heterocycles. The van der Waals surface area contributed by atoms with Crippen molar-refractivity contribution in [1.29, 1.82) is 5.26 Å². The van der Waals surface area contributed by atoms with Crippen LogP contribution in [0, 0.1) is 17.1 Å². The molecule has 0 radical (unpaired) electrons. The van der Waals surface area contributed by atoms with E-state index in [1.807, 2.05) is 31.2 Å². The Kier molecular flexibility index (Phi) is 6.88. The van der Waals surface area contributed by atoms with E-state index >= 15 is 0 Å². The highest BCUT2D eigenvalue weighted by atomic mass is 19.1. The normalized spacial score (nSPS) is 15.3. The number of benzene rings is 3. The van der Waals surface area contributed by atoms with Gasteiger partial charge in [-0.2, -0.15) is 5.26 Å². The second-order valence-corrected chi connectivity index (χ2v) is 7.77. The van der Waals surface area contributed by atoms with E-state index in [4.69, 9.17) is 24.7 Å². The van der Waals surface area contributed by atoms with E-state index in [-0.39, 0.29) is 17.2 Å². The van der Waals surface area contributed by atoms with Crippen molar-refractivity contribution in [3.05, 3.63) is 95.1 Å². The van der Waals surface area contributed by atoms with Crippen molar-refractivity contribution in [3.8, 4) is 29.1 Å². The van der Waals surface area contributed by atoms with E-state index in [2.05, 4.69) is 6.07 Å². The molecule has 0 amide bonds. The number of nitrogens with two attached hydrogens (primary N) is 1. The maximum atomic E-state index is 13.1. The third-order valence-electron chi connectivity index (χ3n) is 5.37. The van der Waals surface area contributed by atoms with Gasteiger partial charge >= 0.3 is 5.97 Å². The Bertz CT molecular complexity index is 1310. The summed E-state index contributed by atoms with van der Waals surface area (Å²) in [5.74, 6) is 0.0463. The number of rotatable bonds is 7. The van der Waals surface area contributed by atoms with E-state index in [1.54, 1.807) is 12.1 Å². The van der Waals surface area contributed by atoms with Crippen molar-refractivity contribution in [2.45, 2.75) is 25.9 Å². The van der Waals surface area contributed by atoms with Crippen LogP contribution in [0.1, 0.15) is 30.9 Å². The van der Waals surface area contributed by atoms with Crippen LogP contribution in [0.15, 0.2) is 78.2 Å². The number of carbonyl (C=O) groups is 1. The van der Waals surface area contributed by atoms with Crippen LogP contribution in [0.4, 0.5) is 4.39 Å². The summed E-state index contributed by atoms with van der Waals surface area (Å²) in [5.41, 5.74) is 7.85. The molecule has 2 atom stereocenters. The van der Waals surface area contributed by atoms with Crippen molar-refractivity contribution in [3.63, 3.8) is 0 Å². The summed E-state index contributed by atoms with van der Waals surface area (Å²) in [7, 11) is 0. The summed E-state index contributed by atoms with van der Waals surface area (Å²) in [6.45, 7) is 3.93. The Morgan fingerprint density at radius 1 is 1.11 bits per heavy atom. The van der Waals surface area contributed by atoms with Gasteiger partial charge in [0.1, 0.15) is 40.5 Å². The number of hydrogen-bond acceptors (Lipinski definition) is 7. The van der Waals surface area contributed by atoms with Crippen LogP contribution in [0.2, 0.25) is 0 Å².